The third-order valence-electron chi connectivity index (χ3n) is 4.35. The van der Waals surface area contributed by atoms with Gasteiger partial charge in [-0.1, -0.05) is 6.07 Å². The Hall–Kier alpha value is -2.58. The maximum Gasteiger partial charge on any atom is 0.225 e. The first-order chi connectivity index (χ1) is 14.5. The number of nitrogens with zero attached hydrogens (tertiary/aromatic N) is 4. The highest BCUT2D eigenvalue weighted by atomic mass is 32.2. The molecule has 0 aliphatic rings. The second-order valence-electron chi connectivity index (χ2n) is 7.30. The number of aryl methyl sites for hydroxylation is 1. The number of thioether (sulfide) groups is 1. The van der Waals surface area contributed by atoms with Gasteiger partial charge in [-0.15, -0.1) is 0 Å². The molecule has 3 aromatic heterocycles. The van der Waals surface area contributed by atoms with Crippen LogP contribution in [0.3, 0.4) is 0 Å². The van der Waals surface area contributed by atoms with Crippen molar-refractivity contribution >= 4 is 17.7 Å². The highest BCUT2D eigenvalue weighted by molar-refractivity contribution is 7.98. The number of nitrogens with one attached hydrogen (secondary N) is 1. The summed E-state index contributed by atoms with van der Waals surface area (Å²) in [5.41, 5.74) is 3.04. The lowest BCUT2D eigenvalue weighted by atomic mass is 10.1. The Labute approximate surface area is 182 Å². The molecule has 0 aromatic carbocycles. The van der Waals surface area contributed by atoms with Gasteiger partial charge < -0.3 is 19.4 Å². The molecule has 0 fully saturated rings. The number of methoxy groups -OCH3 is 1. The Kier molecular flexibility index (Phi) is 8.10. The smallest absolute Gasteiger partial charge is 0.225 e. The number of aromatic nitrogens is 3. The van der Waals surface area contributed by atoms with Crippen LogP contribution in [-0.4, -0.2) is 53.4 Å². The molecule has 0 amide bonds. The fourth-order valence-corrected chi connectivity index (χ4v) is 3.65. The van der Waals surface area contributed by atoms with E-state index >= 15 is 0 Å². The zero-order valence-electron chi connectivity index (χ0n) is 18.0. The lowest BCUT2D eigenvalue weighted by Crippen LogP contribution is -2.09. The first-order valence-corrected chi connectivity index (χ1v) is 11.0. The van der Waals surface area contributed by atoms with Crippen molar-refractivity contribution in [2.24, 2.45) is 0 Å². The minimum Gasteiger partial charge on any atom is -0.481 e. The molecule has 0 saturated carbocycles. The summed E-state index contributed by atoms with van der Waals surface area (Å²) in [6.07, 6.45) is 4.38. The molecule has 0 aliphatic carbocycles. The third kappa shape index (κ3) is 6.74. The predicted octanol–water partition coefficient (Wildman–Crippen LogP) is 3.78. The molecular weight excluding hydrogens is 398 g/mol. The van der Waals surface area contributed by atoms with E-state index in [1.807, 2.05) is 57.3 Å². The molecule has 0 bridgehead atoms. The quantitative estimate of drug-likeness (QED) is 0.463. The van der Waals surface area contributed by atoms with Gasteiger partial charge in [0.1, 0.15) is 11.5 Å². The molecule has 3 aromatic rings. The summed E-state index contributed by atoms with van der Waals surface area (Å²) in [5, 5.41) is 3.26. The van der Waals surface area contributed by atoms with Crippen molar-refractivity contribution < 1.29 is 9.15 Å². The fraction of sp³-hybridized carbons (Fsp3) is 0.409. The first-order valence-electron chi connectivity index (χ1n) is 9.89. The Balaban J connectivity index is 1.45. The van der Waals surface area contributed by atoms with Crippen molar-refractivity contribution in [3.05, 3.63) is 65.0 Å². The van der Waals surface area contributed by atoms with Crippen molar-refractivity contribution in [1.29, 1.82) is 0 Å². The van der Waals surface area contributed by atoms with Crippen LogP contribution >= 0.6 is 11.8 Å². The third-order valence-corrected chi connectivity index (χ3v) is 5.33. The van der Waals surface area contributed by atoms with Crippen molar-refractivity contribution in [3.8, 4) is 5.88 Å². The van der Waals surface area contributed by atoms with E-state index in [1.165, 1.54) is 0 Å². The molecule has 0 unspecified atom stereocenters. The van der Waals surface area contributed by atoms with E-state index in [2.05, 4.69) is 37.3 Å². The van der Waals surface area contributed by atoms with Gasteiger partial charge in [-0.05, 0) is 44.8 Å². The largest absolute Gasteiger partial charge is 0.481 e. The second kappa shape index (κ2) is 11.0. The van der Waals surface area contributed by atoms with Crippen LogP contribution < -0.4 is 10.1 Å². The SMILES string of the molecule is COc1nc(NCCSCc2ccc(CN(C)C)o2)ncc1Cc1ccc(C)nc1. The van der Waals surface area contributed by atoms with Crippen LogP contribution in [-0.2, 0) is 18.7 Å². The summed E-state index contributed by atoms with van der Waals surface area (Å²) in [7, 11) is 5.70. The normalized spacial score (nSPS) is 11.1. The Bertz CT molecular complexity index is 928. The van der Waals surface area contributed by atoms with Crippen LogP contribution in [0.1, 0.15) is 28.3 Å². The minimum absolute atomic E-state index is 0.574. The number of furan rings is 1. The zero-order valence-corrected chi connectivity index (χ0v) is 18.8. The van der Waals surface area contributed by atoms with Crippen molar-refractivity contribution in [2.75, 3.05) is 38.8 Å². The summed E-state index contributed by atoms with van der Waals surface area (Å²) in [6, 6.07) is 8.16. The summed E-state index contributed by atoms with van der Waals surface area (Å²) in [5.74, 6) is 4.93. The van der Waals surface area contributed by atoms with Gasteiger partial charge in [0.05, 0.1) is 19.4 Å². The number of rotatable bonds is 11. The molecule has 3 rings (SSSR count). The average Bonchev–Trinajstić information content (AvgIpc) is 3.16. The molecule has 0 radical (unpaired) electrons. The number of hydrogen-bond donors (Lipinski definition) is 1. The van der Waals surface area contributed by atoms with E-state index in [4.69, 9.17) is 9.15 Å². The monoisotopic (exact) mass is 427 g/mol. The molecule has 0 aliphatic heterocycles. The Morgan fingerprint density at radius 1 is 1.10 bits per heavy atom. The minimum atomic E-state index is 0.574. The van der Waals surface area contributed by atoms with Gasteiger partial charge in [0, 0.05) is 42.4 Å². The van der Waals surface area contributed by atoms with Crippen LogP contribution in [0.4, 0.5) is 5.95 Å². The van der Waals surface area contributed by atoms with E-state index < -0.39 is 0 Å². The summed E-state index contributed by atoms with van der Waals surface area (Å²) < 4.78 is 11.3. The maximum atomic E-state index is 5.83. The molecular formula is C22H29N5O2S. The van der Waals surface area contributed by atoms with E-state index in [0.29, 0.717) is 18.2 Å². The highest BCUT2D eigenvalue weighted by Gasteiger charge is 2.09. The van der Waals surface area contributed by atoms with Crippen LogP contribution in [0.5, 0.6) is 5.88 Å². The molecule has 0 saturated heterocycles. The lowest BCUT2D eigenvalue weighted by Gasteiger charge is -2.10. The number of hydrogen-bond acceptors (Lipinski definition) is 8. The van der Waals surface area contributed by atoms with Crippen molar-refractivity contribution in [1.82, 2.24) is 19.9 Å². The maximum absolute atomic E-state index is 5.83. The molecule has 8 heteroatoms. The van der Waals surface area contributed by atoms with E-state index in [9.17, 15) is 0 Å². The summed E-state index contributed by atoms with van der Waals surface area (Å²) in [4.78, 5) is 15.4. The fourth-order valence-electron chi connectivity index (χ4n) is 2.90. The number of anilines is 1. The Morgan fingerprint density at radius 3 is 2.67 bits per heavy atom. The first kappa shape index (κ1) is 22.1. The van der Waals surface area contributed by atoms with E-state index in [-0.39, 0.29) is 0 Å². The van der Waals surface area contributed by atoms with Crippen molar-refractivity contribution in [3.63, 3.8) is 0 Å². The van der Waals surface area contributed by atoms with Gasteiger partial charge >= 0.3 is 0 Å². The molecule has 0 spiro atoms. The van der Waals surface area contributed by atoms with Crippen LogP contribution in [0.15, 0.2) is 41.1 Å². The standard InChI is InChI=1S/C22H29N5O2S/c1-16-5-6-17(12-24-16)11-18-13-25-22(26-21(18)28-4)23-9-10-30-15-20-8-7-19(29-20)14-27(2)3/h5-8,12-13H,9-11,14-15H2,1-4H3,(H,23,25,26). The molecule has 1 N–H and O–H groups in total. The van der Waals surface area contributed by atoms with Gasteiger partial charge in [0.25, 0.3) is 0 Å². The van der Waals surface area contributed by atoms with Gasteiger partial charge in [-0.2, -0.15) is 16.7 Å². The highest BCUT2D eigenvalue weighted by Crippen LogP contribution is 2.20. The molecule has 160 valence electrons. The van der Waals surface area contributed by atoms with Gasteiger partial charge in [-0.25, -0.2) is 4.98 Å². The number of ether oxygens (including phenoxy) is 1. The van der Waals surface area contributed by atoms with Gasteiger partial charge in [0.15, 0.2) is 0 Å². The topological polar surface area (TPSA) is 76.3 Å². The molecule has 3 heterocycles. The van der Waals surface area contributed by atoms with Crippen molar-refractivity contribution in [2.45, 2.75) is 25.6 Å². The second-order valence-corrected chi connectivity index (χ2v) is 8.40. The average molecular weight is 428 g/mol. The van der Waals surface area contributed by atoms with E-state index in [1.54, 1.807) is 7.11 Å². The lowest BCUT2D eigenvalue weighted by molar-refractivity contribution is 0.344. The predicted molar refractivity (Wildman–Crippen MR) is 121 cm³/mol. The summed E-state index contributed by atoms with van der Waals surface area (Å²) >= 11 is 1.81. The van der Waals surface area contributed by atoms with Crippen LogP contribution in [0.2, 0.25) is 0 Å². The van der Waals surface area contributed by atoms with Gasteiger partial charge in [-0.3, -0.25) is 4.98 Å². The van der Waals surface area contributed by atoms with Crippen LogP contribution in [0, 0.1) is 6.92 Å². The van der Waals surface area contributed by atoms with E-state index in [0.717, 1.165) is 52.9 Å². The molecule has 30 heavy (non-hydrogen) atoms. The Morgan fingerprint density at radius 2 is 1.93 bits per heavy atom. The number of pyridine rings is 1. The van der Waals surface area contributed by atoms with Crippen LogP contribution in [0.25, 0.3) is 0 Å². The van der Waals surface area contributed by atoms with Gasteiger partial charge in [0.2, 0.25) is 11.8 Å². The molecule has 0 atom stereocenters. The summed E-state index contributed by atoms with van der Waals surface area (Å²) in [6.45, 7) is 3.56. The zero-order chi connectivity index (χ0) is 21.3. The molecule has 7 nitrogen and oxygen atoms in total.